The molecule has 27 heavy (non-hydrogen) atoms. The molecule has 0 saturated carbocycles. The van der Waals surface area contributed by atoms with Crippen molar-refractivity contribution in [1.29, 1.82) is 0 Å². The molecule has 0 unspecified atom stereocenters. The summed E-state index contributed by atoms with van der Waals surface area (Å²) in [5.74, 6) is 0.213. The van der Waals surface area contributed by atoms with Crippen LogP contribution in [0.5, 0.6) is 0 Å². The van der Waals surface area contributed by atoms with E-state index in [9.17, 15) is 14.9 Å². The third-order valence-electron chi connectivity index (χ3n) is 4.24. The summed E-state index contributed by atoms with van der Waals surface area (Å²) in [5, 5.41) is 18.3. The van der Waals surface area contributed by atoms with Gasteiger partial charge in [0.2, 0.25) is 0 Å². The molecule has 3 aromatic rings. The second-order valence-corrected chi connectivity index (χ2v) is 7.07. The molecule has 1 N–H and O–H groups in total. The first-order valence-electron chi connectivity index (χ1n) is 8.14. The van der Waals surface area contributed by atoms with Crippen molar-refractivity contribution in [3.63, 3.8) is 0 Å². The van der Waals surface area contributed by atoms with Crippen LogP contribution in [0.3, 0.4) is 0 Å². The van der Waals surface area contributed by atoms with E-state index in [-0.39, 0.29) is 11.6 Å². The molecule has 1 aromatic heterocycles. The summed E-state index contributed by atoms with van der Waals surface area (Å²) in [4.78, 5) is 23.2. The number of hydrogen-bond acceptors (Lipinski definition) is 4. The number of benzene rings is 2. The summed E-state index contributed by atoms with van der Waals surface area (Å²) in [6.07, 6.45) is 0. The average molecular weight is 429 g/mol. The van der Waals surface area contributed by atoms with Crippen LogP contribution in [0.15, 0.2) is 46.9 Å². The van der Waals surface area contributed by atoms with Crippen LogP contribution in [0.4, 0.5) is 11.5 Å². The molecule has 0 fully saturated rings. The Kier molecular flexibility index (Phi) is 5.09. The zero-order valence-electron chi connectivity index (χ0n) is 15.0. The Labute approximate surface area is 164 Å². The van der Waals surface area contributed by atoms with Gasteiger partial charge in [0.1, 0.15) is 5.82 Å². The van der Waals surface area contributed by atoms with Gasteiger partial charge in [-0.05, 0) is 43.7 Å². The quantitative estimate of drug-likeness (QED) is 0.484. The van der Waals surface area contributed by atoms with Crippen molar-refractivity contribution in [3.05, 3.63) is 73.9 Å². The van der Waals surface area contributed by atoms with Crippen molar-refractivity contribution >= 4 is 33.3 Å². The van der Waals surface area contributed by atoms with E-state index in [1.807, 2.05) is 31.2 Å². The number of carbonyl (C=O) groups is 1. The van der Waals surface area contributed by atoms with Gasteiger partial charge in [-0.15, -0.1) is 0 Å². The SMILES string of the molecule is Cc1cc(C(=O)Nc2c(-c3ccc(Br)cc3)c(C)nn2C)ccc1[N+](=O)[O-]. The number of nitrogens with one attached hydrogen (secondary N) is 1. The minimum Gasteiger partial charge on any atom is -0.306 e. The Balaban J connectivity index is 1.96. The highest BCUT2D eigenvalue weighted by Crippen LogP contribution is 2.32. The van der Waals surface area contributed by atoms with E-state index in [0.29, 0.717) is 16.9 Å². The van der Waals surface area contributed by atoms with E-state index in [2.05, 4.69) is 26.3 Å². The van der Waals surface area contributed by atoms with Crippen LogP contribution >= 0.6 is 15.9 Å². The molecule has 2 aromatic carbocycles. The fourth-order valence-corrected chi connectivity index (χ4v) is 3.21. The van der Waals surface area contributed by atoms with E-state index in [1.165, 1.54) is 18.2 Å². The molecule has 0 atom stereocenters. The maximum atomic E-state index is 12.7. The topological polar surface area (TPSA) is 90.1 Å². The van der Waals surface area contributed by atoms with Crippen LogP contribution in [0.1, 0.15) is 21.6 Å². The fourth-order valence-electron chi connectivity index (χ4n) is 2.94. The number of nitro benzene ring substituents is 1. The minimum absolute atomic E-state index is 0.0153. The highest BCUT2D eigenvalue weighted by Gasteiger charge is 2.19. The van der Waals surface area contributed by atoms with Crippen molar-refractivity contribution in [2.75, 3.05) is 5.32 Å². The highest BCUT2D eigenvalue weighted by molar-refractivity contribution is 9.10. The number of nitrogens with zero attached hydrogens (tertiary/aromatic N) is 3. The van der Waals surface area contributed by atoms with Crippen LogP contribution in [-0.4, -0.2) is 20.6 Å². The lowest BCUT2D eigenvalue weighted by atomic mass is 10.1. The lowest BCUT2D eigenvalue weighted by molar-refractivity contribution is -0.385. The molecule has 1 heterocycles. The first-order chi connectivity index (χ1) is 12.8. The Morgan fingerprint density at radius 1 is 1.19 bits per heavy atom. The van der Waals surface area contributed by atoms with E-state index in [0.717, 1.165) is 21.3 Å². The zero-order chi connectivity index (χ0) is 19.7. The summed E-state index contributed by atoms with van der Waals surface area (Å²) in [7, 11) is 1.76. The normalized spacial score (nSPS) is 10.7. The average Bonchev–Trinajstić information content (AvgIpc) is 2.88. The zero-order valence-corrected chi connectivity index (χ0v) is 16.6. The Morgan fingerprint density at radius 3 is 2.44 bits per heavy atom. The van der Waals surface area contributed by atoms with Crippen molar-refractivity contribution in [1.82, 2.24) is 9.78 Å². The molecular formula is C19H17BrN4O3. The first-order valence-corrected chi connectivity index (χ1v) is 8.93. The Morgan fingerprint density at radius 2 is 1.85 bits per heavy atom. The second kappa shape index (κ2) is 7.32. The van der Waals surface area contributed by atoms with Gasteiger partial charge in [0.15, 0.2) is 0 Å². The third kappa shape index (κ3) is 3.75. The van der Waals surface area contributed by atoms with Gasteiger partial charge in [-0.2, -0.15) is 5.10 Å². The minimum atomic E-state index is -0.465. The van der Waals surface area contributed by atoms with Gasteiger partial charge in [0.05, 0.1) is 10.6 Å². The summed E-state index contributed by atoms with van der Waals surface area (Å²) in [6.45, 7) is 3.49. The van der Waals surface area contributed by atoms with Crippen molar-refractivity contribution in [2.45, 2.75) is 13.8 Å². The van der Waals surface area contributed by atoms with Gasteiger partial charge in [0, 0.05) is 34.3 Å². The van der Waals surface area contributed by atoms with Gasteiger partial charge in [0.25, 0.3) is 11.6 Å². The van der Waals surface area contributed by atoms with Gasteiger partial charge in [-0.1, -0.05) is 28.1 Å². The number of halogens is 1. The number of nitro groups is 1. The number of amides is 1. The Hall–Kier alpha value is -3.00. The lowest BCUT2D eigenvalue weighted by Gasteiger charge is -2.10. The van der Waals surface area contributed by atoms with E-state index < -0.39 is 4.92 Å². The number of aromatic nitrogens is 2. The number of hydrogen-bond donors (Lipinski definition) is 1. The van der Waals surface area contributed by atoms with E-state index >= 15 is 0 Å². The largest absolute Gasteiger partial charge is 0.306 e. The monoisotopic (exact) mass is 428 g/mol. The first kappa shape index (κ1) is 18.8. The van der Waals surface area contributed by atoms with Crippen LogP contribution < -0.4 is 5.32 Å². The van der Waals surface area contributed by atoms with Crippen LogP contribution in [0.2, 0.25) is 0 Å². The number of rotatable bonds is 4. The third-order valence-corrected chi connectivity index (χ3v) is 4.77. The second-order valence-electron chi connectivity index (χ2n) is 6.15. The molecule has 0 aliphatic rings. The maximum Gasteiger partial charge on any atom is 0.272 e. The smallest absolute Gasteiger partial charge is 0.272 e. The van der Waals surface area contributed by atoms with Gasteiger partial charge >= 0.3 is 0 Å². The van der Waals surface area contributed by atoms with Crippen molar-refractivity contribution in [2.24, 2.45) is 7.05 Å². The Bertz CT molecular complexity index is 1040. The van der Waals surface area contributed by atoms with Crippen LogP contribution in [0.25, 0.3) is 11.1 Å². The predicted molar refractivity (Wildman–Crippen MR) is 107 cm³/mol. The molecule has 8 heteroatoms. The molecule has 1 amide bonds. The molecule has 0 saturated heterocycles. The van der Waals surface area contributed by atoms with Gasteiger partial charge in [-0.3, -0.25) is 19.6 Å². The molecule has 0 spiro atoms. The van der Waals surface area contributed by atoms with Crippen LogP contribution in [0, 0.1) is 24.0 Å². The van der Waals surface area contributed by atoms with Gasteiger partial charge in [-0.25, -0.2) is 0 Å². The fraction of sp³-hybridized carbons (Fsp3) is 0.158. The van der Waals surface area contributed by atoms with Crippen LogP contribution in [-0.2, 0) is 7.05 Å². The standard InChI is InChI=1S/C19H17BrN4O3/c1-11-10-14(6-9-16(11)24(26)27)19(25)21-18-17(12(2)22-23(18)3)13-4-7-15(20)8-5-13/h4-10H,1-3H3,(H,21,25). The van der Waals surface area contributed by atoms with E-state index in [4.69, 9.17) is 0 Å². The lowest BCUT2D eigenvalue weighted by Crippen LogP contribution is -2.15. The number of anilines is 1. The molecule has 0 radical (unpaired) electrons. The molecule has 3 rings (SSSR count). The summed E-state index contributed by atoms with van der Waals surface area (Å²) >= 11 is 3.42. The van der Waals surface area contributed by atoms with E-state index in [1.54, 1.807) is 18.7 Å². The summed E-state index contributed by atoms with van der Waals surface area (Å²) < 4.78 is 2.57. The molecule has 0 aliphatic carbocycles. The van der Waals surface area contributed by atoms with Gasteiger partial charge < -0.3 is 5.32 Å². The molecular weight excluding hydrogens is 412 g/mol. The number of carbonyl (C=O) groups excluding carboxylic acids is 1. The van der Waals surface area contributed by atoms with Crippen molar-refractivity contribution < 1.29 is 9.72 Å². The predicted octanol–water partition coefficient (Wildman–Crippen LogP) is 4.63. The molecule has 0 aliphatic heterocycles. The number of aryl methyl sites for hydroxylation is 3. The maximum absolute atomic E-state index is 12.7. The molecule has 138 valence electrons. The van der Waals surface area contributed by atoms with Crippen molar-refractivity contribution in [3.8, 4) is 11.1 Å². The molecule has 7 nitrogen and oxygen atoms in total. The molecule has 0 bridgehead atoms. The highest BCUT2D eigenvalue weighted by atomic mass is 79.9. The summed E-state index contributed by atoms with van der Waals surface area (Å²) in [6, 6.07) is 12.0. The summed E-state index contributed by atoms with van der Waals surface area (Å²) in [5.41, 5.74) is 3.31.